The summed E-state index contributed by atoms with van der Waals surface area (Å²) < 4.78 is 10.3. The molecule has 0 spiro atoms. The van der Waals surface area contributed by atoms with E-state index in [1.54, 1.807) is 0 Å². The van der Waals surface area contributed by atoms with E-state index < -0.39 is 0 Å². The van der Waals surface area contributed by atoms with Gasteiger partial charge in [0.05, 0.1) is 19.3 Å². The summed E-state index contributed by atoms with van der Waals surface area (Å²) in [7, 11) is 0. The van der Waals surface area contributed by atoms with E-state index in [1.165, 1.54) is 0 Å². The Morgan fingerprint density at radius 2 is 2.22 bits per heavy atom. The Kier molecular flexibility index (Phi) is 1.22. The maximum absolute atomic E-state index is 9.19. The van der Waals surface area contributed by atoms with Crippen molar-refractivity contribution in [1.29, 1.82) is 0 Å². The third-order valence-electron chi connectivity index (χ3n) is 2.01. The van der Waals surface area contributed by atoms with Crippen molar-refractivity contribution in [2.75, 3.05) is 13.2 Å². The van der Waals surface area contributed by atoms with Gasteiger partial charge in [-0.2, -0.15) is 0 Å². The van der Waals surface area contributed by atoms with Crippen LogP contribution in [0, 0.1) is 5.92 Å². The highest BCUT2D eigenvalue weighted by Crippen LogP contribution is 2.30. The monoisotopic (exact) mass is 130 g/mol. The fourth-order valence-corrected chi connectivity index (χ4v) is 1.44. The van der Waals surface area contributed by atoms with Crippen LogP contribution in [-0.4, -0.2) is 30.7 Å². The van der Waals surface area contributed by atoms with Gasteiger partial charge in [0, 0.05) is 5.92 Å². The van der Waals surface area contributed by atoms with Crippen LogP contribution < -0.4 is 0 Å². The summed E-state index contributed by atoms with van der Waals surface area (Å²) in [4.78, 5) is 0. The zero-order valence-electron chi connectivity index (χ0n) is 5.12. The van der Waals surface area contributed by atoms with Crippen LogP contribution in [0.4, 0.5) is 0 Å². The molecule has 2 rings (SSSR count). The number of aliphatic hydroxyl groups excluding tert-OH is 1. The predicted octanol–water partition coefficient (Wildman–Crippen LogP) is -0.260. The largest absolute Gasteiger partial charge is 0.390 e. The van der Waals surface area contributed by atoms with Crippen LogP contribution in [-0.2, 0) is 9.47 Å². The highest BCUT2D eigenvalue weighted by molar-refractivity contribution is 4.81. The molecule has 2 fully saturated rings. The molecule has 2 heterocycles. The van der Waals surface area contributed by atoms with Gasteiger partial charge >= 0.3 is 0 Å². The van der Waals surface area contributed by atoms with E-state index >= 15 is 0 Å². The van der Waals surface area contributed by atoms with E-state index in [1.807, 2.05) is 0 Å². The van der Waals surface area contributed by atoms with Gasteiger partial charge in [-0.15, -0.1) is 0 Å². The van der Waals surface area contributed by atoms with Crippen molar-refractivity contribution in [1.82, 2.24) is 0 Å². The van der Waals surface area contributed by atoms with Crippen LogP contribution in [0.15, 0.2) is 0 Å². The molecule has 3 nitrogen and oxygen atoms in total. The van der Waals surface area contributed by atoms with Gasteiger partial charge in [0.25, 0.3) is 0 Å². The Labute approximate surface area is 53.6 Å². The summed E-state index contributed by atoms with van der Waals surface area (Å²) in [5, 5.41) is 9.19. The first-order chi connectivity index (χ1) is 4.38. The molecular weight excluding hydrogens is 120 g/mol. The molecule has 3 atom stereocenters. The van der Waals surface area contributed by atoms with Crippen LogP contribution in [0.2, 0.25) is 0 Å². The van der Waals surface area contributed by atoms with Crippen molar-refractivity contribution >= 4 is 0 Å². The maximum atomic E-state index is 9.19. The Balaban J connectivity index is 2.07. The standard InChI is InChI=1S/C6H10O3/c7-5-3-9-6-4(5)1-2-8-6/h4-7H,1-3H2/t4?,5?,6-/m1/s1. The molecule has 0 radical (unpaired) electrons. The van der Waals surface area contributed by atoms with Crippen LogP contribution >= 0.6 is 0 Å². The lowest BCUT2D eigenvalue weighted by atomic mass is 10.0. The Morgan fingerprint density at radius 3 is 3.00 bits per heavy atom. The van der Waals surface area contributed by atoms with Gasteiger partial charge in [0.2, 0.25) is 0 Å². The highest BCUT2D eigenvalue weighted by Gasteiger charge is 2.40. The molecule has 52 valence electrons. The smallest absolute Gasteiger partial charge is 0.163 e. The van der Waals surface area contributed by atoms with E-state index in [9.17, 15) is 5.11 Å². The van der Waals surface area contributed by atoms with Gasteiger partial charge in [0.15, 0.2) is 6.29 Å². The summed E-state index contributed by atoms with van der Waals surface area (Å²) in [6.07, 6.45) is 0.573. The average molecular weight is 130 g/mol. The van der Waals surface area contributed by atoms with Crippen molar-refractivity contribution in [3.8, 4) is 0 Å². The fraction of sp³-hybridized carbons (Fsp3) is 1.00. The van der Waals surface area contributed by atoms with Gasteiger partial charge in [-0.05, 0) is 6.42 Å². The SMILES string of the molecule is OC1CO[C@H]2OCCC12. The zero-order chi connectivity index (χ0) is 6.27. The molecule has 2 aliphatic heterocycles. The molecule has 3 heteroatoms. The van der Waals surface area contributed by atoms with Gasteiger partial charge in [-0.3, -0.25) is 0 Å². The molecule has 1 N–H and O–H groups in total. The summed E-state index contributed by atoms with van der Waals surface area (Å²) in [5.41, 5.74) is 0. The second-order valence-corrected chi connectivity index (χ2v) is 2.59. The molecule has 2 unspecified atom stereocenters. The molecule has 0 saturated carbocycles. The lowest BCUT2D eigenvalue weighted by molar-refractivity contribution is -0.0907. The van der Waals surface area contributed by atoms with E-state index in [0.717, 1.165) is 13.0 Å². The number of fused-ring (bicyclic) bond motifs is 1. The minimum absolute atomic E-state index is 0.0972. The topological polar surface area (TPSA) is 38.7 Å². The van der Waals surface area contributed by atoms with Crippen LogP contribution in [0.5, 0.6) is 0 Å². The van der Waals surface area contributed by atoms with Crippen molar-refractivity contribution in [2.24, 2.45) is 5.92 Å². The first-order valence-electron chi connectivity index (χ1n) is 3.29. The second kappa shape index (κ2) is 1.94. The molecule has 2 aliphatic rings. The number of hydrogen-bond donors (Lipinski definition) is 1. The molecule has 2 saturated heterocycles. The summed E-state index contributed by atoms with van der Waals surface area (Å²) >= 11 is 0. The van der Waals surface area contributed by atoms with Gasteiger partial charge in [-0.25, -0.2) is 0 Å². The molecule has 0 aromatic heterocycles. The third-order valence-corrected chi connectivity index (χ3v) is 2.01. The third kappa shape index (κ3) is 0.764. The number of hydrogen-bond acceptors (Lipinski definition) is 3. The van der Waals surface area contributed by atoms with Crippen molar-refractivity contribution in [3.63, 3.8) is 0 Å². The van der Waals surface area contributed by atoms with E-state index in [2.05, 4.69) is 0 Å². The lowest BCUT2D eigenvalue weighted by Gasteiger charge is -2.06. The van der Waals surface area contributed by atoms with Crippen LogP contribution in [0.1, 0.15) is 6.42 Å². The zero-order valence-corrected chi connectivity index (χ0v) is 5.12. The minimum Gasteiger partial charge on any atom is -0.390 e. The fourth-order valence-electron chi connectivity index (χ4n) is 1.44. The number of ether oxygens (including phenoxy) is 2. The molecule has 0 aromatic rings. The van der Waals surface area contributed by atoms with E-state index in [0.29, 0.717) is 6.61 Å². The average Bonchev–Trinajstić information content (AvgIpc) is 2.35. The van der Waals surface area contributed by atoms with Crippen molar-refractivity contribution < 1.29 is 14.6 Å². The summed E-state index contributed by atoms with van der Waals surface area (Å²) in [6.45, 7) is 1.20. The Hall–Kier alpha value is -0.120. The van der Waals surface area contributed by atoms with Gasteiger partial charge in [-0.1, -0.05) is 0 Å². The first kappa shape index (κ1) is 5.65. The highest BCUT2D eigenvalue weighted by atomic mass is 16.7. The van der Waals surface area contributed by atoms with E-state index in [-0.39, 0.29) is 18.3 Å². The van der Waals surface area contributed by atoms with Crippen molar-refractivity contribution in [2.45, 2.75) is 18.8 Å². The molecule has 0 aromatic carbocycles. The molecule has 9 heavy (non-hydrogen) atoms. The normalized spacial score (nSPS) is 49.7. The molecule has 0 aliphatic carbocycles. The van der Waals surface area contributed by atoms with Gasteiger partial charge in [0.1, 0.15) is 0 Å². The molecule has 0 amide bonds. The maximum Gasteiger partial charge on any atom is 0.163 e. The Morgan fingerprint density at radius 1 is 1.33 bits per heavy atom. The van der Waals surface area contributed by atoms with Crippen LogP contribution in [0.25, 0.3) is 0 Å². The number of rotatable bonds is 0. The second-order valence-electron chi connectivity index (χ2n) is 2.59. The Bertz CT molecular complexity index is 115. The molecular formula is C6H10O3. The predicted molar refractivity (Wildman–Crippen MR) is 29.8 cm³/mol. The minimum atomic E-state index is -0.280. The summed E-state index contributed by atoms with van der Waals surface area (Å²) in [6, 6.07) is 0. The number of aliphatic hydroxyl groups is 1. The summed E-state index contributed by atoms with van der Waals surface area (Å²) in [5.74, 6) is 0.255. The molecule has 0 bridgehead atoms. The quantitative estimate of drug-likeness (QED) is 0.491. The van der Waals surface area contributed by atoms with E-state index in [4.69, 9.17) is 9.47 Å². The van der Waals surface area contributed by atoms with Gasteiger partial charge < -0.3 is 14.6 Å². The van der Waals surface area contributed by atoms with Crippen LogP contribution in [0.3, 0.4) is 0 Å². The lowest BCUT2D eigenvalue weighted by Crippen LogP contribution is -2.18. The first-order valence-corrected chi connectivity index (χ1v) is 3.29. The van der Waals surface area contributed by atoms with Crippen molar-refractivity contribution in [3.05, 3.63) is 0 Å².